The summed E-state index contributed by atoms with van der Waals surface area (Å²) in [4.78, 5) is 4.45. The Morgan fingerprint density at radius 3 is 2.92 bits per heavy atom. The van der Waals surface area contributed by atoms with Crippen molar-refractivity contribution in [3.63, 3.8) is 0 Å². The van der Waals surface area contributed by atoms with Crippen LogP contribution in [-0.4, -0.2) is 10.1 Å². The first-order valence-corrected chi connectivity index (χ1v) is 5.05. The van der Waals surface area contributed by atoms with Gasteiger partial charge in [-0.25, -0.2) is 4.98 Å². The highest BCUT2D eigenvalue weighted by molar-refractivity contribution is 7.09. The Morgan fingerprint density at radius 2 is 2.38 bits per heavy atom. The molecule has 0 saturated heterocycles. The van der Waals surface area contributed by atoms with E-state index in [1.165, 1.54) is 0 Å². The Kier molecular flexibility index (Phi) is 2.14. The largest absolute Gasteiger partial charge is 0.361 e. The second-order valence-electron chi connectivity index (χ2n) is 2.78. The van der Waals surface area contributed by atoms with E-state index in [9.17, 15) is 0 Å². The van der Waals surface area contributed by atoms with E-state index in [2.05, 4.69) is 17.1 Å². The minimum absolute atomic E-state index is 0.827. The summed E-state index contributed by atoms with van der Waals surface area (Å²) in [5.41, 5.74) is 1.97. The molecule has 0 atom stereocenters. The number of hydrogen-bond acceptors (Lipinski definition) is 4. The van der Waals surface area contributed by atoms with Crippen LogP contribution in [0.2, 0.25) is 0 Å². The van der Waals surface area contributed by atoms with Gasteiger partial charge in [0, 0.05) is 5.38 Å². The van der Waals surface area contributed by atoms with Crippen molar-refractivity contribution in [2.45, 2.75) is 20.3 Å². The standard InChI is InChI=1S/C9H10N2OS/c1-3-9-11-8(5-13-9)7-4-10-12-6(7)2/h4-5H,3H2,1-2H3. The minimum Gasteiger partial charge on any atom is -0.361 e. The molecule has 2 aromatic rings. The highest BCUT2D eigenvalue weighted by atomic mass is 32.1. The number of aryl methyl sites for hydroxylation is 2. The highest BCUT2D eigenvalue weighted by Crippen LogP contribution is 2.24. The lowest BCUT2D eigenvalue weighted by molar-refractivity contribution is 0.398. The zero-order valence-corrected chi connectivity index (χ0v) is 8.39. The minimum atomic E-state index is 0.827. The van der Waals surface area contributed by atoms with Crippen molar-refractivity contribution >= 4 is 11.3 Å². The molecule has 0 saturated carbocycles. The van der Waals surface area contributed by atoms with Gasteiger partial charge in [0.25, 0.3) is 0 Å². The summed E-state index contributed by atoms with van der Waals surface area (Å²) >= 11 is 1.68. The number of nitrogens with zero attached hydrogens (tertiary/aromatic N) is 2. The van der Waals surface area contributed by atoms with Crippen LogP contribution >= 0.6 is 11.3 Å². The van der Waals surface area contributed by atoms with Crippen LogP contribution in [0.1, 0.15) is 17.7 Å². The third-order valence-electron chi connectivity index (χ3n) is 1.88. The molecule has 0 fully saturated rings. The molecule has 4 heteroatoms. The molecular formula is C9H10N2OS. The average molecular weight is 194 g/mol. The summed E-state index contributed by atoms with van der Waals surface area (Å²) in [7, 11) is 0. The molecule has 0 amide bonds. The molecule has 0 bridgehead atoms. The van der Waals surface area contributed by atoms with Gasteiger partial charge in [0.2, 0.25) is 0 Å². The summed E-state index contributed by atoms with van der Waals surface area (Å²) in [5, 5.41) is 6.91. The van der Waals surface area contributed by atoms with Gasteiger partial charge in [0.15, 0.2) is 0 Å². The van der Waals surface area contributed by atoms with Crippen LogP contribution in [0, 0.1) is 6.92 Å². The van der Waals surface area contributed by atoms with Crippen molar-refractivity contribution in [3.05, 3.63) is 22.3 Å². The Labute approximate surface area is 80.4 Å². The van der Waals surface area contributed by atoms with Gasteiger partial charge < -0.3 is 4.52 Å². The molecule has 3 nitrogen and oxygen atoms in total. The molecule has 0 spiro atoms. The van der Waals surface area contributed by atoms with Crippen LogP contribution in [0.5, 0.6) is 0 Å². The van der Waals surface area contributed by atoms with Crippen molar-refractivity contribution < 1.29 is 4.52 Å². The van der Waals surface area contributed by atoms with Crippen molar-refractivity contribution in [2.75, 3.05) is 0 Å². The first-order valence-electron chi connectivity index (χ1n) is 4.17. The van der Waals surface area contributed by atoms with Crippen LogP contribution in [0.3, 0.4) is 0 Å². The van der Waals surface area contributed by atoms with E-state index >= 15 is 0 Å². The van der Waals surface area contributed by atoms with E-state index in [4.69, 9.17) is 4.52 Å². The van der Waals surface area contributed by atoms with E-state index in [0.717, 1.165) is 28.4 Å². The van der Waals surface area contributed by atoms with E-state index in [1.54, 1.807) is 17.5 Å². The third kappa shape index (κ3) is 1.49. The van der Waals surface area contributed by atoms with Gasteiger partial charge in [-0.3, -0.25) is 0 Å². The SMILES string of the molecule is CCc1nc(-c2cnoc2C)cs1. The third-order valence-corrected chi connectivity index (χ3v) is 2.87. The Balaban J connectivity index is 2.41. The molecule has 2 aromatic heterocycles. The molecule has 0 aliphatic heterocycles. The summed E-state index contributed by atoms with van der Waals surface area (Å²) in [6.07, 6.45) is 2.69. The predicted molar refractivity (Wildman–Crippen MR) is 51.7 cm³/mol. The Hall–Kier alpha value is -1.16. The van der Waals surface area contributed by atoms with Gasteiger partial charge in [-0.15, -0.1) is 11.3 Å². The fourth-order valence-corrected chi connectivity index (χ4v) is 1.89. The monoisotopic (exact) mass is 194 g/mol. The summed E-state index contributed by atoms with van der Waals surface area (Å²) in [6.45, 7) is 4.00. The van der Waals surface area contributed by atoms with E-state index in [0.29, 0.717) is 0 Å². The fraction of sp³-hybridized carbons (Fsp3) is 0.333. The molecule has 13 heavy (non-hydrogen) atoms. The lowest BCUT2D eigenvalue weighted by Gasteiger charge is -1.89. The van der Waals surface area contributed by atoms with Gasteiger partial charge in [-0.05, 0) is 13.3 Å². The smallest absolute Gasteiger partial charge is 0.143 e. The van der Waals surface area contributed by atoms with Gasteiger partial charge in [0.05, 0.1) is 22.5 Å². The maximum Gasteiger partial charge on any atom is 0.143 e. The van der Waals surface area contributed by atoms with Gasteiger partial charge >= 0.3 is 0 Å². The molecule has 2 heterocycles. The quantitative estimate of drug-likeness (QED) is 0.737. The second kappa shape index (κ2) is 3.30. The van der Waals surface area contributed by atoms with Crippen molar-refractivity contribution in [1.82, 2.24) is 10.1 Å². The maximum absolute atomic E-state index is 4.98. The number of aromatic nitrogens is 2. The predicted octanol–water partition coefficient (Wildman–Crippen LogP) is 2.67. The van der Waals surface area contributed by atoms with Gasteiger partial charge in [-0.1, -0.05) is 12.1 Å². The maximum atomic E-state index is 4.98. The lowest BCUT2D eigenvalue weighted by Crippen LogP contribution is -1.79. The second-order valence-corrected chi connectivity index (χ2v) is 3.72. The Bertz CT molecular complexity index is 405. The first-order chi connectivity index (χ1) is 6.31. The summed E-state index contributed by atoms with van der Waals surface area (Å²) < 4.78 is 4.98. The molecule has 0 aliphatic rings. The van der Waals surface area contributed by atoms with Crippen LogP contribution in [0.25, 0.3) is 11.3 Å². The Morgan fingerprint density at radius 1 is 1.54 bits per heavy atom. The fourth-order valence-electron chi connectivity index (χ4n) is 1.14. The number of thiazole rings is 1. The molecule has 2 rings (SSSR count). The molecule has 0 N–H and O–H groups in total. The van der Waals surface area contributed by atoms with Crippen molar-refractivity contribution in [2.24, 2.45) is 0 Å². The molecule has 68 valence electrons. The van der Waals surface area contributed by atoms with E-state index in [1.807, 2.05) is 12.3 Å². The zero-order valence-electron chi connectivity index (χ0n) is 7.57. The first kappa shape index (κ1) is 8.44. The van der Waals surface area contributed by atoms with Crippen LogP contribution in [0.4, 0.5) is 0 Å². The van der Waals surface area contributed by atoms with Crippen LogP contribution in [0.15, 0.2) is 16.1 Å². The van der Waals surface area contributed by atoms with Gasteiger partial charge in [-0.2, -0.15) is 0 Å². The topological polar surface area (TPSA) is 38.9 Å². The molecular weight excluding hydrogens is 184 g/mol. The van der Waals surface area contributed by atoms with Crippen molar-refractivity contribution in [3.8, 4) is 11.3 Å². The normalized spacial score (nSPS) is 10.6. The molecule has 0 radical (unpaired) electrons. The molecule has 0 unspecified atom stereocenters. The van der Waals surface area contributed by atoms with Crippen molar-refractivity contribution in [1.29, 1.82) is 0 Å². The van der Waals surface area contributed by atoms with E-state index < -0.39 is 0 Å². The molecule has 0 aliphatic carbocycles. The summed E-state index contributed by atoms with van der Waals surface area (Å²) in [5.74, 6) is 0.827. The number of hydrogen-bond donors (Lipinski definition) is 0. The summed E-state index contributed by atoms with van der Waals surface area (Å²) in [6, 6.07) is 0. The van der Waals surface area contributed by atoms with Gasteiger partial charge in [0.1, 0.15) is 5.76 Å². The zero-order chi connectivity index (χ0) is 9.26. The average Bonchev–Trinajstić information content (AvgIpc) is 2.71. The highest BCUT2D eigenvalue weighted by Gasteiger charge is 2.09. The van der Waals surface area contributed by atoms with Crippen LogP contribution < -0.4 is 0 Å². The number of rotatable bonds is 2. The van der Waals surface area contributed by atoms with Crippen LogP contribution in [-0.2, 0) is 6.42 Å². The molecule has 0 aromatic carbocycles. The lowest BCUT2D eigenvalue weighted by atomic mass is 10.2. The van der Waals surface area contributed by atoms with E-state index in [-0.39, 0.29) is 0 Å².